The first-order valence-electron chi connectivity index (χ1n) is 18.6. The number of anilines is 2. The van der Waals surface area contributed by atoms with Crippen molar-refractivity contribution in [2.24, 2.45) is 7.05 Å². The van der Waals surface area contributed by atoms with E-state index in [2.05, 4.69) is 44.0 Å². The van der Waals surface area contributed by atoms with Gasteiger partial charge in [-0.25, -0.2) is 0 Å². The zero-order valence-corrected chi connectivity index (χ0v) is 30.9. The van der Waals surface area contributed by atoms with Gasteiger partial charge in [0.25, 0.3) is 17.7 Å². The van der Waals surface area contributed by atoms with E-state index in [4.69, 9.17) is 4.74 Å². The Bertz CT molecular complexity index is 2290. The number of ether oxygens (including phenoxy) is 1. The molecule has 1 fully saturated rings. The first-order chi connectivity index (χ1) is 26.9. The maximum absolute atomic E-state index is 13.5. The van der Waals surface area contributed by atoms with Crippen LogP contribution in [0.3, 0.4) is 0 Å². The highest BCUT2D eigenvalue weighted by Crippen LogP contribution is 2.21. The minimum atomic E-state index is -0.360. The minimum absolute atomic E-state index is 0.191. The third kappa shape index (κ3) is 9.82. The van der Waals surface area contributed by atoms with E-state index >= 15 is 0 Å². The van der Waals surface area contributed by atoms with Gasteiger partial charge < -0.3 is 29.8 Å². The molecule has 280 valence electrons. The Hall–Kier alpha value is -6.30. The molecule has 4 heterocycles. The summed E-state index contributed by atoms with van der Waals surface area (Å²) in [5.41, 5.74) is 6.45. The molecule has 0 unspecified atom stereocenters. The van der Waals surface area contributed by atoms with Crippen molar-refractivity contribution in [2.75, 3.05) is 50.0 Å². The number of hydrogen-bond acceptors (Lipinski definition) is 6. The zero-order chi connectivity index (χ0) is 38.0. The molecule has 55 heavy (non-hydrogen) atoms. The Labute approximate surface area is 320 Å². The quantitative estimate of drug-likeness (QED) is 0.114. The second-order valence-corrected chi connectivity index (χ2v) is 13.7. The van der Waals surface area contributed by atoms with E-state index in [9.17, 15) is 14.4 Å². The zero-order valence-electron chi connectivity index (χ0n) is 30.9. The average Bonchev–Trinajstić information content (AvgIpc) is 3.79. The Morgan fingerprint density at radius 3 is 2.27 bits per heavy atom. The number of nitrogens with zero attached hydrogens (tertiary/aromatic N) is 4. The third-order valence-electron chi connectivity index (χ3n) is 9.66. The largest absolute Gasteiger partial charge is 0.379 e. The SMILES string of the molecule is Cn1cc(NC(=O)c2ccc(/C=C/c3cnc4ccccc4c3)cc2)cc1C(=O)Nc1cc(C(=O)NCCN2CCOCC2)n(CCCc2ccccc2)c1. The van der Waals surface area contributed by atoms with Crippen molar-refractivity contribution in [1.82, 2.24) is 24.3 Å². The third-order valence-corrected chi connectivity index (χ3v) is 9.66. The summed E-state index contributed by atoms with van der Waals surface area (Å²) in [7, 11) is 1.75. The molecule has 11 heteroatoms. The summed E-state index contributed by atoms with van der Waals surface area (Å²) in [4.78, 5) is 46.9. The number of pyridine rings is 1. The summed E-state index contributed by atoms with van der Waals surface area (Å²) in [5, 5.41) is 10.00. The molecule has 3 N–H and O–H groups in total. The van der Waals surface area contributed by atoms with E-state index in [-0.39, 0.29) is 17.7 Å². The molecule has 0 radical (unpaired) electrons. The van der Waals surface area contributed by atoms with Crippen LogP contribution in [-0.4, -0.2) is 76.1 Å². The number of para-hydroxylation sites is 1. The van der Waals surface area contributed by atoms with Crippen LogP contribution >= 0.6 is 0 Å². The van der Waals surface area contributed by atoms with Crippen molar-refractivity contribution >= 4 is 52.2 Å². The van der Waals surface area contributed by atoms with Gasteiger partial charge in [-0.2, -0.15) is 0 Å². The molecule has 1 aliphatic heterocycles. The normalized spacial score (nSPS) is 13.3. The Morgan fingerprint density at radius 1 is 0.745 bits per heavy atom. The van der Waals surface area contributed by atoms with Crippen LogP contribution < -0.4 is 16.0 Å². The number of benzene rings is 3. The van der Waals surface area contributed by atoms with Gasteiger partial charge in [-0.15, -0.1) is 0 Å². The van der Waals surface area contributed by atoms with Crippen molar-refractivity contribution in [3.63, 3.8) is 0 Å². The molecule has 0 spiro atoms. The number of carbonyl (C=O) groups is 3. The standard InChI is InChI=1S/C44H45N7O4/c1-49-30-37(47-42(52)35-17-15-33(16-18-35)13-14-34-26-36-11-5-6-12-39(36)46-29-34)27-40(49)44(54)48-38-28-41(43(53)45-19-21-50-22-24-55-25-23-50)51(31-38)20-7-10-32-8-3-2-4-9-32/h2-6,8-9,11-18,26-31H,7,10,19-25H2,1H3,(H,45,53)(H,47,52)(H,48,54)/b14-13+. The van der Waals surface area contributed by atoms with Crippen molar-refractivity contribution in [1.29, 1.82) is 0 Å². The molecule has 1 aliphatic rings. The second-order valence-electron chi connectivity index (χ2n) is 13.7. The Morgan fingerprint density at radius 2 is 1.45 bits per heavy atom. The number of aryl methyl sites for hydroxylation is 3. The molecular weight excluding hydrogens is 691 g/mol. The van der Waals surface area contributed by atoms with Gasteiger partial charge in [-0.3, -0.25) is 24.3 Å². The van der Waals surface area contributed by atoms with Gasteiger partial charge in [0.2, 0.25) is 0 Å². The number of hydrogen-bond donors (Lipinski definition) is 3. The maximum Gasteiger partial charge on any atom is 0.272 e. The fourth-order valence-electron chi connectivity index (χ4n) is 6.67. The van der Waals surface area contributed by atoms with Crippen molar-refractivity contribution in [3.8, 4) is 0 Å². The highest BCUT2D eigenvalue weighted by Gasteiger charge is 2.19. The molecule has 3 aromatic heterocycles. The van der Waals surface area contributed by atoms with Crippen LogP contribution in [0.4, 0.5) is 11.4 Å². The summed E-state index contributed by atoms with van der Waals surface area (Å²) in [6, 6.07) is 31.0. The predicted molar refractivity (Wildman–Crippen MR) is 217 cm³/mol. The van der Waals surface area contributed by atoms with Crippen molar-refractivity contribution in [3.05, 3.63) is 149 Å². The number of carbonyl (C=O) groups excluding carboxylic acids is 3. The summed E-state index contributed by atoms with van der Waals surface area (Å²) in [6.45, 7) is 4.97. The Balaban J connectivity index is 0.970. The lowest BCUT2D eigenvalue weighted by Gasteiger charge is -2.26. The molecule has 7 rings (SSSR count). The predicted octanol–water partition coefficient (Wildman–Crippen LogP) is 6.74. The smallest absolute Gasteiger partial charge is 0.272 e. The summed E-state index contributed by atoms with van der Waals surface area (Å²) < 4.78 is 9.00. The van der Waals surface area contributed by atoms with Gasteiger partial charge in [-0.05, 0) is 65.9 Å². The average molecular weight is 736 g/mol. The lowest BCUT2D eigenvalue weighted by molar-refractivity contribution is 0.0383. The second kappa shape index (κ2) is 17.7. The number of nitrogens with one attached hydrogen (secondary N) is 3. The van der Waals surface area contributed by atoms with Crippen molar-refractivity contribution < 1.29 is 19.1 Å². The van der Waals surface area contributed by atoms with Crippen molar-refractivity contribution in [2.45, 2.75) is 19.4 Å². The molecule has 0 atom stereocenters. The van der Waals surface area contributed by atoms with E-state index in [0.29, 0.717) is 54.6 Å². The Kier molecular flexibility index (Phi) is 11.9. The number of amides is 3. The fraction of sp³-hybridized carbons (Fsp3) is 0.227. The monoisotopic (exact) mass is 735 g/mol. The van der Waals surface area contributed by atoms with E-state index < -0.39 is 0 Å². The molecule has 0 saturated carbocycles. The number of fused-ring (bicyclic) bond motifs is 1. The van der Waals surface area contributed by atoms with E-state index in [1.165, 1.54) is 5.56 Å². The number of aromatic nitrogens is 3. The molecular formula is C44H45N7O4. The fourth-order valence-corrected chi connectivity index (χ4v) is 6.67. The van der Waals surface area contributed by atoms with Crippen LogP contribution in [0.15, 0.2) is 116 Å². The summed E-state index contributed by atoms with van der Waals surface area (Å²) in [6.07, 6.45) is 11.0. The topological polar surface area (TPSA) is 123 Å². The molecule has 3 aromatic carbocycles. The molecule has 1 saturated heterocycles. The number of morpholine rings is 1. The van der Waals surface area contributed by atoms with Gasteiger partial charge in [0.15, 0.2) is 0 Å². The minimum Gasteiger partial charge on any atom is -0.379 e. The van der Waals surface area contributed by atoms with Gasteiger partial charge in [-0.1, -0.05) is 72.8 Å². The first kappa shape index (κ1) is 37.0. The van der Waals surface area contributed by atoms with Gasteiger partial charge in [0.05, 0.1) is 30.1 Å². The van der Waals surface area contributed by atoms with Crippen LogP contribution in [0.5, 0.6) is 0 Å². The molecule has 11 nitrogen and oxygen atoms in total. The van der Waals surface area contributed by atoms with Gasteiger partial charge in [0.1, 0.15) is 11.4 Å². The summed E-state index contributed by atoms with van der Waals surface area (Å²) in [5.74, 6) is -0.839. The lowest BCUT2D eigenvalue weighted by Crippen LogP contribution is -2.41. The maximum atomic E-state index is 13.5. The highest BCUT2D eigenvalue weighted by molar-refractivity contribution is 6.07. The van der Waals surface area contributed by atoms with Gasteiger partial charge >= 0.3 is 0 Å². The lowest BCUT2D eigenvalue weighted by atomic mass is 10.1. The summed E-state index contributed by atoms with van der Waals surface area (Å²) >= 11 is 0. The van der Waals surface area contributed by atoms with E-state index in [0.717, 1.165) is 54.5 Å². The highest BCUT2D eigenvalue weighted by atomic mass is 16.5. The van der Waals surface area contributed by atoms with Gasteiger partial charge in [0, 0.05) is 69.3 Å². The van der Waals surface area contributed by atoms with Crippen LogP contribution in [0.1, 0.15) is 54.4 Å². The van der Waals surface area contributed by atoms with E-state index in [1.54, 1.807) is 42.1 Å². The first-order valence-corrected chi connectivity index (χ1v) is 18.6. The van der Waals surface area contributed by atoms with Crippen LogP contribution in [-0.2, 0) is 24.8 Å². The molecule has 0 aliphatic carbocycles. The van der Waals surface area contributed by atoms with Crippen LogP contribution in [0.2, 0.25) is 0 Å². The van der Waals surface area contributed by atoms with Crippen LogP contribution in [0, 0.1) is 0 Å². The molecule has 0 bridgehead atoms. The molecule has 3 amide bonds. The number of rotatable bonds is 14. The molecule has 6 aromatic rings. The van der Waals surface area contributed by atoms with Crippen LogP contribution in [0.25, 0.3) is 23.1 Å². The van der Waals surface area contributed by atoms with E-state index in [1.807, 2.05) is 83.7 Å².